The monoisotopic (exact) mass is 386 g/mol. The van der Waals surface area contributed by atoms with Gasteiger partial charge in [-0.25, -0.2) is 8.42 Å². The molecule has 27 heavy (non-hydrogen) atoms. The van der Waals surface area contributed by atoms with E-state index in [4.69, 9.17) is 0 Å². The second-order valence-electron chi connectivity index (χ2n) is 7.28. The summed E-state index contributed by atoms with van der Waals surface area (Å²) in [5.74, 6) is -0.213. The van der Waals surface area contributed by atoms with E-state index in [0.717, 1.165) is 24.7 Å². The van der Waals surface area contributed by atoms with Crippen LogP contribution in [0.4, 0.5) is 5.69 Å². The van der Waals surface area contributed by atoms with Gasteiger partial charge in [0.05, 0.1) is 18.0 Å². The molecule has 0 saturated heterocycles. The lowest BCUT2D eigenvalue weighted by atomic mass is 9.89. The summed E-state index contributed by atoms with van der Waals surface area (Å²) in [6, 6.07) is 11.4. The first-order valence-electron chi connectivity index (χ1n) is 9.24. The van der Waals surface area contributed by atoms with Crippen molar-refractivity contribution in [2.24, 2.45) is 0 Å². The van der Waals surface area contributed by atoms with Crippen molar-refractivity contribution in [3.05, 3.63) is 64.2 Å². The zero-order valence-electron chi connectivity index (χ0n) is 16.0. The van der Waals surface area contributed by atoms with E-state index in [1.807, 2.05) is 6.92 Å². The first kappa shape index (κ1) is 19.4. The Kier molecular flexibility index (Phi) is 5.56. The minimum atomic E-state index is -3.40. The van der Waals surface area contributed by atoms with E-state index in [0.29, 0.717) is 16.8 Å². The Morgan fingerprint density at radius 3 is 2.48 bits per heavy atom. The summed E-state index contributed by atoms with van der Waals surface area (Å²) in [5.41, 5.74) is 5.39. The predicted molar refractivity (Wildman–Crippen MR) is 109 cm³/mol. The van der Waals surface area contributed by atoms with Crippen LogP contribution >= 0.6 is 0 Å². The van der Waals surface area contributed by atoms with Crippen LogP contribution in [0.2, 0.25) is 0 Å². The second kappa shape index (κ2) is 7.72. The summed E-state index contributed by atoms with van der Waals surface area (Å²) in [4.78, 5) is 12.8. The van der Waals surface area contributed by atoms with E-state index in [1.165, 1.54) is 24.0 Å². The normalized spacial score (nSPS) is 14.9. The van der Waals surface area contributed by atoms with Crippen molar-refractivity contribution in [2.45, 2.75) is 45.6 Å². The highest BCUT2D eigenvalue weighted by Crippen LogP contribution is 2.25. The van der Waals surface area contributed by atoms with Gasteiger partial charge in [0.2, 0.25) is 10.0 Å². The van der Waals surface area contributed by atoms with Crippen LogP contribution in [0.1, 0.15) is 58.4 Å². The van der Waals surface area contributed by atoms with Crippen LogP contribution in [0, 0.1) is 6.92 Å². The maximum absolute atomic E-state index is 12.8. The molecule has 0 bridgehead atoms. The summed E-state index contributed by atoms with van der Waals surface area (Å²) in [7, 11) is -3.40. The molecular weight excluding hydrogens is 360 g/mol. The number of aryl methyl sites for hydroxylation is 2. The third kappa shape index (κ3) is 4.69. The standard InChI is InChI=1S/C21H26N2O3S/c1-14-19(9-6-10-20(14)23-27(3,25)26)21(24)22-15(2)17-12-11-16-7-4-5-8-18(16)13-17/h6,9-13,15,23H,4-5,7-8H2,1-3H3,(H,22,24)/t15-/m0/s1. The number of rotatable bonds is 5. The molecule has 0 unspecified atom stereocenters. The van der Waals surface area contributed by atoms with Crippen LogP contribution in [0.3, 0.4) is 0 Å². The van der Waals surface area contributed by atoms with Crippen molar-refractivity contribution in [3.63, 3.8) is 0 Å². The van der Waals surface area contributed by atoms with E-state index in [9.17, 15) is 13.2 Å². The molecule has 2 N–H and O–H groups in total. The van der Waals surface area contributed by atoms with Crippen molar-refractivity contribution in [1.29, 1.82) is 0 Å². The van der Waals surface area contributed by atoms with Crippen LogP contribution in [0.5, 0.6) is 0 Å². The molecule has 1 aliphatic rings. The summed E-state index contributed by atoms with van der Waals surface area (Å²) in [5, 5.41) is 3.03. The van der Waals surface area contributed by atoms with E-state index in [-0.39, 0.29) is 11.9 Å². The molecular formula is C21H26N2O3S. The van der Waals surface area contributed by atoms with Gasteiger partial charge >= 0.3 is 0 Å². The molecule has 2 aromatic carbocycles. The second-order valence-corrected chi connectivity index (χ2v) is 9.03. The zero-order valence-corrected chi connectivity index (χ0v) is 16.8. The van der Waals surface area contributed by atoms with Crippen LogP contribution < -0.4 is 10.0 Å². The molecule has 2 aromatic rings. The number of carbonyl (C=O) groups is 1. The van der Waals surface area contributed by atoms with Crippen molar-refractivity contribution >= 4 is 21.6 Å². The Balaban J connectivity index is 1.78. The number of sulfonamides is 1. The molecule has 1 amide bonds. The molecule has 6 heteroatoms. The highest BCUT2D eigenvalue weighted by molar-refractivity contribution is 7.92. The molecule has 0 radical (unpaired) electrons. The number of benzene rings is 2. The largest absolute Gasteiger partial charge is 0.346 e. The molecule has 1 atom stereocenters. The fraction of sp³-hybridized carbons (Fsp3) is 0.381. The van der Waals surface area contributed by atoms with Crippen molar-refractivity contribution < 1.29 is 13.2 Å². The number of hydrogen-bond acceptors (Lipinski definition) is 3. The van der Waals surface area contributed by atoms with E-state index < -0.39 is 10.0 Å². The van der Waals surface area contributed by atoms with Gasteiger partial charge in [0.15, 0.2) is 0 Å². The molecule has 0 aromatic heterocycles. The molecule has 0 aliphatic heterocycles. The minimum absolute atomic E-state index is 0.129. The van der Waals surface area contributed by atoms with Gasteiger partial charge in [-0.1, -0.05) is 24.3 Å². The Labute approximate surface area is 161 Å². The molecule has 144 valence electrons. The maximum atomic E-state index is 12.8. The van der Waals surface area contributed by atoms with Crippen LogP contribution in [-0.2, 0) is 22.9 Å². The fourth-order valence-electron chi connectivity index (χ4n) is 3.57. The highest BCUT2D eigenvalue weighted by Gasteiger charge is 2.17. The lowest BCUT2D eigenvalue weighted by molar-refractivity contribution is 0.0939. The van der Waals surface area contributed by atoms with E-state index in [1.54, 1.807) is 25.1 Å². The summed E-state index contributed by atoms with van der Waals surface area (Å²) >= 11 is 0. The van der Waals surface area contributed by atoms with E-state index in [2.05, 4.69) is 28.2 Å². The van der Waals surface area contributed by atoms with Crippen molar-refractivity contribution in [3.8, 4) is 0 Å². The molecule has 0 fully saturated rings. The SMILES string of the molecule is Cc1c(NS(C)(=O)=O)cccc1C(=O)N[C@@H](C)c1ccc2c(c1)CCCC2. The third-order valence-corrected chi connectivity index (χ3v) is 5.68. The topological polar surface area (TPSA) is 75.3 Å². The Morgan fingerprint density at radius 2 is 1.78 bits per heavy atom. The van der Waals surface area contributed by atoms with Crippen molar-refractivity contribution in [2.75, 3.05) is 11.0 Å². The Morgan fingerprint density at radius 1 is 1.07 bits per heavy atom. The Hall–Kier alpha value is -2.34. The number of hydrogen-bond donors (Lipinski definition) is 2. The summed E-state index contributed by atoms with van der Waals surface area (Å²) in [6.45, 7) is 3.71. The number of fused-ring (bicyclic) bond motifs is 1. The van der Waals surface area contributed by atoms with Crippen LogP contribution in [-0.4, -0.2) is 20.6 Å². The molecule has 5 nitrogen and oxygen atoms in total. The summed E-state index contributed by atoms with van der Waals surface area (Å²) < 4.78 is 25.5. The lowest BCUT2D eigenvalue weighted by Crippen LogP contribution is -2.27. The maximum Gasteiger partial charge on any atom is 0.252 e. The molecule has 3 rings (SSSR count). The first-order chi connectivity index (χ1) is 12.7. The van der Waals surface area contributed by atoms with Gasteiger partial charge in [-0.3, -0.25) is 9.52 Å². The van der Waals surface area contributed by atoms with Gasteiger partial charge in [0, 0.05) is 5.56 Å². The Bertz CT molecular complexity index is 967. The number of nitrogens with one attached hydrogen (secondary N) is 2. The zero-order chi connectivity index (χ0) is 19.6. The highest BCUT2D eigenvalue weighted by atomic mass is 32.2. The average Bonchev–Trinajstić information content (AvgIpc) is 2.61. The summed E-state index contributed by atoms with van der Waals surface area (Å²) in [6.07, 6.45) is 5.79. The fourth-order valence-corrected chi connectivity index (χ4v) is 4.19. The predicted octanol–water partition coefficient (Wildman–Crippen LogP) is 3.74. The van der Waals surface area contributed by atoms with Gasteiger partial charge < -0.3 is 5.32 Å². The van der Waals surface area contributed by atoms with Gasteiger partial charge in [0.25, 0.3) is 5.91 Å². The number of amides is 1. The van der Waals surface area contributed by atoms with E-state index >= 15 is 0 Å². The number of carbonyl (C=O) groups excluding carboxylic acids is 1. The van der Waals surface area contributed by atoms with Crippen LogP contribution in [0.25, 0.3) is 0 Å². The quantitative estimate of drug-likeness (QED) is 0.822. The average molecular weight is 387 g/mol. The smallest absolute Gasteiger partial charge is 0.252 e. The van der Waals surface area contributed by atoms with Crippen LogP contribution in [0.15, 0.2) is 36.4 Å². The van der Waals surface area contributed by atoms with Gasteiger partial charge in [-0.2, -0.15) is 0 Å². The van der Waals surface area contributed by atoms with Gasteiger partial charge in [0.1, 0.15) is 0 Å². The van der Waals surface area contributed by atoms with Gasteiger partial charge in [-0.05, 0) is 73.9 Å². The minimum Gasteiger partial charge on any atom is -0.346 e. The van der Waals surface area contributed by atoms with Crippen molar-refractivity contribution in [1.82, 2.24) is 5.32 Å². The van der Waals surface area contributed by atoms with Gasteiger partial charge in [-0.15, -0.1) is 0 Å². The lowest BCUT2D eigenvalue weighted by Gasteiger charge is -2.20. The number of anilines is 1. The molecule has 0 saturated carbocycles. The molecule has 0 heterocycles. The first-order valence-corrected chi connectivity index (χ1v) is 11.1. The third-order valence-electron chi connectivity index (χ3n) is 5.09. The molecule has 0 spiro atoms. The molecule has 1 aliphatic carbocycles.